The second kappa shape index (κ2) is 9.61. The van der Waals surface area contributed by atoms with Crippen molar-refractivity contribution in [1.29, 1.82) is 5.26 Å². The molecule has 0 unspecified atom stereocenters. The zero-order valence-electron chi connectivity index (χ0n) is 16.0. The van der Waals surface area contributed by atoms with Crippen LogP contribution in [-0.2, 0) is 9.53 Å². The van der Waals surface area contributed by atoms with Crippen LogP contribution in [0.2, 0.25) is 0 Å². The molecule has 2 aliphatic heterocycles. The van der Waals surface area contributed by atoms with E-state index >= 15 is 0 Å². The zero-order chi connectivity index (χ0) is 20.8. The van der Waals surface area contributed by atoms with E-state index in [0.717, 1.165) is 6.42 Å². The number of thioether (sulfide) groups is 1. The number of fused-ring (bicyclic) bond motifs is 1. The number of carbonyl (C=O) groups excluding carboxylic acids is 3. The van der Waals surface area contributed by atoms with Crippen molar-refractivity contribution in [3.05, 3.63) is 22.8 Å². The summed E-state index contributed by atoms with van der Waals surface area (Å²) < 4.78 is 4.64. The number of nitriles is 1. The molecule has 0 bridgehead atoms. The van der Waals surface area contributed by atoms with Crippen molar-refractivity contribution in [3.63, 3.8) is 0 Å². The number of urea groups is 1. The van der Waals surface area contributed by atoms with E-state index in [1.54, 1.807) is 0 Å². The fraction of sp³-hybridized carbons (Fsp3) is 0.556. The van der Waals surface area contributed by atoms with E-state index in [9.17, 15) is 19.6 Å². The van der Waals surface area contributed by atoms with Crippen LogP contribution in [-0.4, -0.2) is 55.4 Å². The number of methoxy groups -OCH3 is 1. The van der Waals surface area contributed by atoms with Crippen molar-refractivity contribution in [2.24, 2.45) is 17.6 Å². The number of allylic oxidation sites excluding steroid dienone is 2. The number of likely N-dealkylation sites (tertiary alicyclic amines) is 1. The molecule has 1 fully saturated rings. The number of rotatable bonds is 2. The van der Waals surface area contributed by atoms with Crippen LogP contribution in [0.25, 0.3) is 0 Å². The van der Waals surface area contributed by atoms with Gasteiger partial charge in [0.15, 0.2) is 0 Å². The maximum Gasteiger partial charge on any atom is 0.411 e. The molecule has 2 rings (SSSR count). The van der Waals surface area contributed by atoms with Crippen LogP contribution in [0.5, 0.6) is 0 Å². The van der Waals surface area contributed by atoms with E-state index in [-0.39, 0.29) is 23.8 Å². The number of ether oxygens (including phenoxy) is 1. The Morgan fingerprint density at radius 1 is 1.43 bits per heavy atom. The van der Waals surface area contributed by atoms with Gasteiger partial charge in [-0.05, 0) is 37.8 Å². The Balaban J connectivity index is 2.24. The molecule has 0 aromatic rings. The molecule has 0 aromatic carbocycles. The van der Waals surface area contributed by atoms with E-state index in [1.165, 1.54) is 18.9 Å². The molecule has 0 aromatic heterocycles. The molecule has 0 saturated carbocycles. The lowest BCUT2D eigenvalue weighted by atomic mass is 9.77. The molecule has 0 radical (unpaired) electrons. The van der Waals surface area contributed by atoms with Crippen LogP contribution < -0.4 is 16.4 Å². The van der Waals surface area contributed by atoms with Gasteiger partial charge in [0.25, 0.3) is 0 Å². The molecule has 4 amide bonds. The molecule has 2 aliphatic rings. The fourth-order valence-electron chi connectivity index (χ4n) is 3.83. The van der Waals surface area contributed by atoms with Gasteiger partial charge in [0.1, 0.15) is 6.07 Å². The van der Waals surface area contributed by atoms with Gasteiger partial charge in [-0.25, -0.2) is 9.59 Å². The first-order valence-corrected chi connectivity index (χ1v) is 9.86. The van der Waals surface area contributed by atoms with Crippen molar-refractivity contribution in [2.75, 3.05) is 26.5 Å². The Morgan fingerprint density at radius 2 is 2.14 bits per heavy atom. The highest BCUT2D eigenvalue weighted by atomic mass is 32.2. The molecule has 3 atom stereocenters. The monoisotopic (exact) mass is 407 g/mol. The van der Waals surface area contributed by atoms with Gasteiger partial charge in [-0.3, -0.25) is 15.4 Å². The summed E-state index contributed by atoms with van der Waals surface area (Å²) in [5.74, 6) is 0.00161. The SMILES string of the molecule is C=C1C[C@H]2C[C@@H](C(=O)NC(N)=O)CN(C)[C@@H]2CCSC(NC(=O)OC)=C1C#N. The highest BCUT2D eigenvalue weighted by Crippen LogP contribution is 2.38. The van der Waals surface area contributed by atoms with Gasteiger partial charge >= 0.3 is 12.1 Å². The van der Waals surface area contributed by atoms with Crippen LogP contribution in [0.1, 0.15) is 19.3 Å². The molecule has 0 spiro atoms. The van der Waals surface area contributed by atoms with E-state index in [2.05, 4.69) is 32.9 Å². The van der Waals surface area contributed by atoms with Gasteiger partial charge in [0.2, 0.25) is 5.91 Å². The number of amides is 4. The summed E-state index contributed by atoms with van der Waals surface area (Å²) in [5, 5.41) is 14.8. The van der Waals surface area contributed by atoms with Crippen LogP contribution in [0, 0.1) is 23.2 Å². The first-order chi connectivity index (χ1) is 13.3. The van der Waals surface area contributed by atoms with E-state index < -0.39 is 12.1 Å². The summed E-state index contributed by atoms with van der Waals surface area (Å²) in [6, 6.07) is 1.46. The second-order valence-corrected chi connectivity index (χ2v) is 8.04. The molecular formula is C18H25N5O4S. The van der Waals surface area contributed by atoms with E-state index in [0.29, 0.717) is 41.3 Å². The summed E-state index contributed by atoms with van der Waals surface area (Å²) in [7, 11) is 3.20. The molecule has 152 valence electrons. The quantitative estimate of drug-likeness (QED) is 0.627. The van der Waals surface area contributed by atoms with E-state index in [1.807, 2.05) is 7.05 Å². The molecule has 2 heterocycles. The summed E-state index contributed by atoms with van der Waals surface area (Å²) in [5.41, 5.74) is 5.99. The first-order valence-electron chi connectivity index (χ1n) is 8.87. The standard InChI is InChI=1S/C18H25N5O4S/c1-10-6-11-7-12(15(24)21-17(20)25)9-23(2)14(11)4-5-28-16(13(10)8-19)22-18(26)27-3/h11-12,14H,1,4-7,9H2,2-3H3,(H,22,26)(H3,20,21,24,25)/t11-,12+,14+/m0/s1. The Bertz CT molecular complexity index is 745. The normalized spacial score (nSPS) is 26.0. The number of hydrogen-bond donors (Lipinski definition) is 3. The van der Waals surface area contributed by atoms with Crippen LogP contribution in [0.15, 0.2) is 22.8 Å². The van der Waals surface area contributed by atoms with Crippen molar-refractivity contribution >= 4 is 29.8 Å². The maximum absolute atomic E-state index is 12.3. The zero-order valence-corrected chi connectivity index (χ0v) is 16.8. The van der Waals surface area contributed by atoms with Gasteiger partial charge in [-0.2, -0.15) is 5.26 Å². The lowest BCUT2D eigenvalue weighted by Crippen LogP contribution is -2.52. The lowest BCUT2D eigenvalue weighted by molar-refractivity contribution is -0.127. The van der Waals surface area contributed by atoms with Crippen LogP contribution in [0.3, 0.4) is 0 Å². The van der Waals surface area contributed by atoms with Gasteiger partial charge < -0.3 is 15.4 Å². The number of primary amides is 1. The molecule has 0 aliphatic carbocycles. The number of alkyl carbamates (subject to hydrolysis) is 1. The summed E-state index contributed by atoms with van der Waals surface area (Å²) >= 11 is 1.38. The Hall–Kier alpha value is -2.51. The largest absolute Gasteiger partial charge is 0.453 e. The average Bonchev–Trinajstić information content (AvgIpc) is 2.68. The summed E-state index contributed by atoms with van der Waals surface area (Å²) in [6.45, 7) is 4.57. The molecule has 10 heteroatoms. The maximum atomic E-state index is 12.3. The Labute approximate surface area is 168 Å². The second-order valence-electron chi connectivity index (χ2n) is 6.93. The number of imide groups is 1. The fourth-order valence-corrected chi connectivity index (χ4v) is 4.89. The third kappa shape index (κ3) is 5.27. The molecular weight excluding hydrogens is 382 g/mol. The third-order valence-electron chi connectivity index (χ3n) is 5.09. The van der Waals surface area contributed by atoms with Crippen LogP contribution >= 0.6 is 11.8 Å². The summed E-state index contributed by atoms with van der Waals surface area (Å²) in [6.07, 6.45) is 1.25. The topological polar surface area (TPSA) is 138 Å². The molecule has 9 nitrogen and oxygen atoms in total. The van der Waals surface area contributed by atoms with Crippen molar-refractivity contribution in [3.8, 4) is 6.07 Å². The predicted molar refractivity (Wildman–Crippen MR) is 105 cm³/mol. The van der Waals surface area contributed by atoms with Gasteiger partial charge in [-0.1, -0.05) is 6.58 Å². The van der Waals surface area contributed by atoms with Crippen molar-refractivity contribution < 1.29 is 19.1 Å². The average molecular weight is 407 g/mol. The first kappa shape index (κ1) is 21.8. The number of piperidine rings is 1. The number of carbonyl (C=O) groups is 3. The number of nitrogens with one attached hydrogen (secondary N) is 2. The van der Waals surface area contributed by atoms with Crippen LogP contribution in [0.4, 0.5) is 9.59 Å². The van der Waals surface area contributed by atoms with Gasteiger partial charge in [-0.15, -0.1) is 11.8 Å². The predicted octanol–water partition coefficient (Wildman–Crippen LogP) is 1.29. The Kier molecular flexibility index (Phi) is 7.48. The van der Waals surface area contributed by atoms with Gasteiger partial charge in [0, 0.05) is 18.3 Å². The smallest absolute Gasteiger partial charge is 0.411 e. The highest BCUT2D eigenvalue weighted by molar-refractivity contribution is 8.03. The molecule has 1 saturated heterocycles. The minimum atomic E-state index is -0.863. The molecule has 4 N–H and O–H groups in total. The minimum Gasteiger partial charge on any atom is -0.453 e. The molecule has 28 heavy (non-hydrogen) atoms. The van der Waals surface area contributed by atoms with E-state index in [4.69, 9.17) is 5.73 Å². The lowest BCUT2D eigenvalue weighted by Gasteiger charge is -2.42. The number of hydrogen-bond acceptors (Lipinski definition) is 7. The van der Waals surface area contributed by atoms with Crippen molar-refractivity contribution in [2.45, 2.75) is 25.3 Å². The third-order valence-corrected chi connectivity index (χ3v) is 6.12. The minimum absolute atomic E-state index is 0.0799. The highest BCUT2D eigenvalue weighted by Gasteiger charge is 2.38. The summed E-state index contributed by atoms with van der Waals surface area (Å²) in [4.78, 5) is 37.0. The number of nitrogens with two attached hydrogens (primary N) is 1. The Morgan fingerprint density at radius 3 is 2.75 bits per heavy atom. The number of nitrogens with zero attached hydrogens (tertiary/aromatic N) is 2. The van der Waals surface area contributed by atoms with Gasteiger partial charge in [0.05, 0.1) is 23.6 Å². The van der Waals surface area contributed by atoms with Crippen molar-refractivity contribution in [1.82, 2.24) is 15.5 Å².